The Morgan fingerprint density at radius 3 is 2.78 bits per heavy atom. The molecule has 1 aromatic carbocycles. The van der Waals surface area contributed by atoms with E-state index in [1.165, 1.54) is 0 Å². The smallest absolute Gasteiger partial charge is 0.260 e. The molecule has 0 aliphatic carbocycles. The predicted molar refractivity (Wildman–Crippen MR) is 73.6 cm³/mol. The summed E-state index contributed by atoms with van der Waals surface area (Å²) in [6.07, 6.45) is 0. The lowest BCUT2D eigenvalue weighted by molar-refractivity contribution is -0.135. The van der Waals surface area contributed by atoms with E-state index < -0.39 is 0 Å². The zero-order valence-corrected chi connectivity index (χ0v) is 12.2. The van der Waals surface area contributed by atoms with Gasteiger partial charge < -0.3 is 14.7 Å². The normalized spacial score (nSPS) is 10.5. The third kappa shape index (κ3) is 4.66. The van der Waals surface area contributed by atoms with Crippen LogP contribution < -0.4 is 4.74 Å². The second-order valence-electron chi connectivity index (χ2n) is 4.15. The molecule has 0 saturated carbocycles. The Hall–Kier alpha value is -1.07. The quantitative estimate of drug-likeness (QED) is 0.874. The van der Waals surface area contributed by atoms with Gasteiger partial charge in [0.05, 0.1) is 6.61 Å². The van der Waals surface area contributed by atoms with Gasteiger partial charge in [-0.05, 0) is 32.0 Å². The first kappa shape index (κ1) is 15.0. The summed E-state index contributed by atoms with van der Waals surface area (Å²) in [5.41, 5.74) is 0. The summed E-state index contributed by atoms with van der Waals surface area (Å²) in [7, 11) is 0. The average molecular weight is 316 g/mol. The number of ether oxygens (including phenoxy) is 1. The average Bonchev–Trinajstić information content (AvgIpc) is 2.32. The third-order valence-electron chi connectivity index (χ3n) is 2.44. The fourth-order valence-electron chi connectivity index (χ4n) is 1.56. The van der Waals surface area contributed by atoms with Crippen molar-refractivity contribution in [2.45, 2.75) is 19.9 Å². The summed E-state index contributed by atoms with van der Waals surface area (Å²) in [6, 6.07) is 7.39. The van der Waals surface area contributed by atoms with Crippen LogP contribution in [0.3, 0.4) is 0 Å². The standard InChI is InChI=1S/C13H18BrNO3/c1-10(2)15(6-7-16)13(17)9-18-12-5-3-4-11(14)8-12/h3-5,8,10,16H,6-7,9H2,1-2H3. The molecule has 0 saturated heterocycles. The van der Waals surface area contributed by atoms with E-state index in [-0.39, 0.29) is 25.2 Å². The number of carbonyl (C=O) groups is 1. The van der Waals surface area contributed by atoms with Crippen molar-refractivity contribution < 1.29 is 14.6 Å². The van der Waals surface area contributed by atoms with Gasteiger partial charge in [0.1, 0.15) is 5.75 Å². The number of aliphatic hydroxyl groups excluding tert-OH is 1. The Morgan fingerprint density at radius 2 is 2.22 bits per heavy atom. The van der Waals surface area contributed by atoms with E-state index in [1.807, 2.05) is 26.0 Å². The number of carbonyl (C=O) groups excluding carboxylic acids is 1. The Balaban J connectivity index is 2.54. The lowest BCUT2D eigenvalue weighted by Crippen LogP contribution is -2.41. The van der Waals surface area contributed by atoms with Crippen LogP contribution in [0.1, 0.15) is 13.8 Å². The molecule has 1 amide bonds. The molecular formula is C13H18BrNO3. The highest BCUT2D eigenvalue weighted by Crippen LogP contribution is 2.17. The van der Waals surface area contributed by atoms with Crippen molar-refractivity contribution in [1.29, 1.82) is 0 Å². The van der Waals surface area contributed by atoms with Gasteiger partial charge in [-0.25, -0.2) is 0 Å². The molecule has 100 valence electrons. The predicted octanol–water partition coefficient (Wildman–Crippen LogP) is 2.06. The zero-order valence-electron chi connectivity index (χ0n) is 10.6. The van der Waals surface area contributed by atoms with Gasteiger partial charge >= 0.3 is 0 Å². The van der Waals surface area contributed by atoms with E-state index in [4.69, 9.17) is 9.84 Å². The van der Waals surface area contributed by atoms with Gasteiger partial charge in [-0.2, -0.15) is 0 Å². The third-order valence-corrected chi connectivity index (χ3v) is 2.94. The van der Waals surface area contributed by atoms with E-state index >= 15 is 0 Å². The Labute approximate surface area is 116 Å². The Bertz CT molecular complexity index is 396. The first-order chi connectivity index (χ1) is 8.54. The molecule has 4 nitrogen and oxygen atoms in total. The number of halogens is 1. The van der Waals surface area contributed by atoms with Crippen LogP contribution in [0.5, 0.6) is 5.75 Å². The molecule has 1 rings (SSSR count). The molecule has 0 fully saturated rings. The van der Waals surface area contributed by atoms with Crippen LogP contribution in [0, 0.1) is 0 Å². The van der Waals surface area contributed by atoms with E-state index in [0.717, 1.165) is 4.47 Å². The maximum atomic E-state index is 11.9. The molecule has 0 bridgehead atoms. The highest BCUT2D eigenvalue weighted by atomic mass is 79.9. The van der Waals surface area contributed by atoms with E-state index in [1.54, 1.807) is 17.0 Å². The summed E-state index contributed by atoms with van der Waals surface area (Å²) in [5, 5.41) is 8.92. The molecule has 0 unspecified atom stereocenters. The lowest BCUT2D eigenvalue weighted by Gasteiger charge is -2.25. The van der Waals surface area contributed by atoms with Gasteiger partial charge in [-0.15, -0.1) is 0 Å². The topological polar surface area (TPSA) is 49.8 Å². The van der Waals surface area contributed by atoms with E-state index in [0.29, 0.717) is 12.3 Å². The molecule has 1 N–H and O–H groups in total. The molecule has 0 atom stereocenters. The molecule has 0 aliphatic rings. The van der Waals surface area contributed by atoms with Crippen molar-refractivity contribution >= 4 is 21.8 Å². The van der Waals surface area contributed by atoms with Crippen LogP contribution in [0.25, 0.3) is 0 Å². The van der Waals surface area contributed by atoms with Crippen molar-refractivity contribution in [2.24, 2.45) is 0 Å². The van der Waals surface area contributed by atoms with Crippen LogP contribution in [0.15, 0.2) is 28.7 Å². The monoisotopic (exact) mass is 315 g/mol. The molecule has 0 heterocycles. The number of aliphatic hydroxyl groups is 1. The SMILES string of the molecule is CC(C)N(CCO)C(=O)COc1cccc(Br)c1. The maximum Gasteiger partial charge on any atom is 0.260 e. The number of hydrogen-bond donors (Lipinski definition) is 1. The summed E-state index contributed by atoms with van der Waals surface area (Å²) in [4.78, 5) is 13.5. The van der Waals surface area contributed by atoms with Gasteiger partial charge in [0, 0.05) is 17.1 Å². The lowest BCUT2D eigenvalue weighted by atomic mass is 10.3. The molecule has 0 radical (unpaired) electrons. The largest absolute Gasteiger partial charge is 0.484 e. The summed E-state index contributed by atoms with van der Waals surface area (Å²) in [5.74, 6) is 0.518. The molecule has 5 heteroatoms. The van der Waals surface area contributed by atoms with Crippen molar-refractivity contribution in [2.75, 3.05) is 19.8 Å². The van der Waals surface area contributed by atoms with Gasteiger partial charge in [0.15, 0.2) is 6.61 Å². The molecule has 0 spiro atoms. The van der Waals surface area contributed by atoms with Gasteiger partial charge in [-0.1, -0.05) is 22.0 Å². The van der Waals surface area contributed by atoms with E-state index in [2.05, 4.69) is 15.9 Å². The van der Waals surface area contributed by atoms with Crippen LogP contribution in [-0.2, 0) is 4.79 Å². The van der Waals surface area contributed by atoms with Crippen molar-refractivity contribution in [3.8, 4) is 5.75 Å². The van der Waals surface area contributed by atoms with Crippen LogP contribution >= 0.6 is 15.9 Å². The number of nitrogens with zero attached hydrogens (tertiary/aromatic N) is 1. The first-order valence-electron chi connectivity index (χ1n) is 5.83. The van der Waals surface area contributed by atoms with E-state index in [9.17, 15) is 4.79 Å². The van der Waals surface area contributed by atoms with Gasteiger partial charge in [0.2, 0.25) is 0 Å². The number of benzene rings is 1. The highest BCUT2D eigenvalue weighted by molar-refractivity contribution is 9.10. The number of amides is 1. The minimum absolute atomic E-state index is 0.0192. The Morgan fingerprint density at radius 1 is 1.50 bits per heavy atom. The first-order valence-corrected chi connectivity index (χ1v) is 6.62. The fraction of sp³-hybridized carbons (Fsp3) is 0.462. The fourth-order valence-corrected chi connectivity index (χ4v) is 1.94. The number of hydrogen-bond acceptors (Lipinski definition) is 3. The molecular weight excluding hydrogens is 298 g/mol. The van der Waals surface area contributed by atoms with Crippen LogP contribution in [0.4, 0.5) is 0 Å². The van der Waals surface area contributed by atoms with Crippen LogP contribution in [-0.4, -0.2) is 41.7 Å². The van der Waals surface area contributed by atoms with Crippen molar-refractivity contribution in [3.63, 3.8) is 0 Å². The number of rotatable bonds is 6. The van der Waals surface area contributed by atoms with Crippen molar-refractivity contribution in [3.05, 3.63) is 28.7 Å². The summed E-state index contributed by atoms with van der Waals surface area (Å²) < 4.78 is 6.33. The molecule has 18 heavy (non-hydrogen) atoms. The summed E-state index contributed by atoms with van der Waals surface area (Å²) in [6.45, 7) is 4.09. The minimum atomic E-state index is -0.126. The molecule has 0 aromatic heterocycles. The molecule has 0 aliphatic heterocycles. The maximum absolute atomic E-state index is 11.9. The Kier molecular flexibility index (Phi) is 6.15. The highest BCUT2D eigenvalue weighted by Gasteiger charge is 2.16. The van der Waals surface area contributed by atoms with Gasteiger partial charge in [-0.3, -0.25) is 4.79 Å². The van der Waals surface area contributed by atoms with Crippen molar-refractivity contribution in [1.82, 2.24) is 4.90 Å². The zero-order chi connectivity index (χ0) is 13.5. The minimum Gasteiger partial charge on any atom is -0.484 e. The second kappa shape index (κ2) is 7.38. The van der Waals surface area contributed by atoms with Crippen LogP contribution in [0.2, 0.25) is 0 Å². The molecule has 1 aromatic rings. The second-order valence-corrected chi connectivity index (χ2v) is 5.07. The summed E-state index contributed by atoms with van der Waals surface area (Å²) >= 11 is 3.34. The van der Waals surface area contributed by atoms with Gasteiger partial charge in [0.25, 0.3) is 5.91 Å².